The van der Waals surface area contributed by atoms with Crippen LogP contribution in [0, 0.1) is 0 Å². The summed E-state index contributed by atoms with van der Waals surface area (Å²) in [5, 5.41) is 13.8. The monoisotopic (exact) mass is 1240 g/mol. The van der Waals surface area contributed by atoms with E-state index in [-0.39, 0.29) is 38.6 Å². The summed E-state index contributed by atoms with van der Waals surface area (Å²) in [5.41, 5.74) is 0. The summed E-state index contributed by atoms with van der Waals surface area (Å²) in [7, 11) is 1.64. The molecule has 0 spiro atoms. The summed E-state index contributed by atoms with van der Waals surface area (Å²) < 4.78 is 87.0. The number of esters is 1. The molecule has 0 fully saturated rings. The van der Waals surface area contributed by atoms with E-state index in [0.29, 0.717) is 191 Å². The van der Waals surface area contributed by atoms with E-state index >= 15 is 0 Å². The van der Waals surface area contributed by atoms with Crippen molar-refractivity contribution in [3.63, 3.8) is 0 Å². The van der Waals surface area contributed by atoms with Crippen molar-refractivity contribution in [3.8, 4) is 0 Å². The summed E-state index contributed by atoms with van der Waals surface area (Å²) in [5.74, 6) is -1.60. The second-order valence-corrected chi connectivity index (χ2v) is 19.6. The minimum absolute atomic E-state index is 0.00340. The lowest BCUT2D eigenvalue weighted by Gasteiger charge is -2.22. The molecule has 86 heavy (non-hydrogen) atoms. The molecule has 0 unspecified atom stereocenters. The van der Waals surface area contributed by atoms with Crippen LogP contribution in [0.1, 0.15) is 142 Å². The van der Waals surface area contributed by atoms with Gasteiger partial charge in [-0.1, -0.05) is 116 Å². The second kappa shape index (κ2) is 76.5. The van der Waals surface area contributed by atoms with Gasteiger partial charge in [0.25, 0.3) is 0 Å². The van der Waals surface area contributed by atoms with E-state index in [1.807, 2.05) is 6.08 Å². The maximum Gasteiger partial charge on any atom is 0.342 e. The maximum atomic E-state index is 12.7. The molecule has 23 heteroatoms. The summed E-state index contributed by atoms with van der Waals surface area (Å²) in [6.07, 6.45) is 22.1. The van der Waals surface area contributed by atoms with Crippen LogP contribution in [0.25, 0.3) is 0 Å². The van der Waals surface area contributed by atoms with Gasteiger partial charge in [-0.3, -0.25) is 14.5 Å². The zero-order chi connectivity index (χ0) is 62.8. The Balaban J connectivity index is 0. The van der Waals surface area contributed by atoms with Crippen molar-refractivity contribution in [1.29, 1.82) is 0 Å². The first-order chi connectivity index (χ1) is 42.4. The molecule has 0 rings (SSSR count). The number of amides is 1. The first-order valence-electron chi connectivity index (χ1n) is 32.1. The number of hydrogen-bond acceptors (Lipinski definition) is 22. The van der Waals surface area contributed by atoms with Crippen molar-refractivity contribution in [3.05, 3.63) is 25.3 Å². The molecule has 0 heterocycles. The molecular formula is C63H121NO22. The van der Waals surface area contributed by atoms with Gasteiger partial charge in [-0.2, -0.15) is 4.89 Å². The van der Waals surface area contributed by atoms with Crippen molar-refractivity contribution < 1.29 is 105 Å². The number of hydrogen-bond donors (Lipinski definition) is 2. The maximum absolute atomic E-state index is 12.7. The number of nitrogens with one attached hydrogen (secondary N) is 1. The first kappa shape index (κ1) is 85.3. The van der Waals surface area contributed by atoms with E-state index in [4.69, 9.17) is 85.6 Å². The van der Waals surface area contributed by atoms with Crippen LogP contribution < -0.4 is 5.32 Å². The molecule has 2 atom stereocenters. The second-order valence-electron chi connectivity index (χ2n) is 19.6. The van der Waals surface area contributed by atoms with Crippen LogP contribution in [0.5, 0.6) is 0 Å². The molecule has 0 aromatic carbocycles. The van der Waals surface area contributed by atoms with Crippen molar-refractivity contribution in [1.82, 2.24) is 5.32 Å². The van der Waals surface area contributed by atoms with E-state index in [9.17, 15) is 19.5 Å². The first-order valence-corrected chi connectivity index (χ1v) is 32.1. The molecule has 0 saturated carbocycles. The molecule has 0 radical (unpaired) electrons. The molecule has 1 amide bonds. The third-order valence-corrected chi connectivity index (χ3v) is 12.3. The highest BCUT2D eigenvalue weighted by Crippen LogP contribution is 2.13. The molecule has 0 aromatic rings. The predicted molar refractivity (Wildman–Crippen MR) is 328 cm³/mol. The molecule has 0 aliphatic heterocycles. The average molecular weight is 1240 g/mol. The molecule has 0 aliphatic rings. The zero-order valence-corrected chi connectivity index (χ0v) is 53.8. The lowest BCUT2D eigenvalue weighted by atomic mass is 10.0. The summed E-state index contributed by atoms with van der Waals surface area (Å²) in [4.78, 5) is 47.1. The molecular weight excluding hydrogens is 1120 g/mol. The highest BCUT2D eigenvalue weighted by atomic mass is 17.2. The summed E-state index contributed by atoms with van der Waals surface area (Å²) in [6.45, 7) is 23.5. The highest BCUT2D eigenvalue weighted by molar-refractivity contribution is 5.78. The topological polar surface area (TPSA) is 250 Å². The highest BCUT2D eigenvalue weighted by Gasteiger charge is 2.22. The van der Waals surface area contributed by atoms with E-state index in [1.54, 1.807) is 13.2 Å². The fourth-order valence-electron chi connectivity index (χ4n) is 7.49. The molecule has 0 aromatic heterocycles. The predicted octanol–water partition coefficient (Wildman–Crippen LogP) is 7.93. The third kappa shape index (κ3) is 72.0. The van der Waals surface area contributed by atoms with Crippen LogP contribution >= 0.6 is 0 Å². The average Bonchev–Trinajstić information content (AvgIpc) is 3.56. The standard InChI is InChI=1S/C61H117NO22.C2H4/c1-4-6-8-10-11-12-13-14-15-16-17-19-20-22-58(63)57(62-59(64)23-21-18-9-7-5-2)56-82-60(65)24-25-61(66)84-83-55-54-81-53-52-80-51-50-79-49-48-78-47-46-77-45-44-76-43-42-75-41-40-74-39-38-73-37-36-72-35-34-71-33-32-70-31-30-69-29-28-68-27-26-67-3;1-2/h20,22,57-58,63H,4-19,21,23-56H2,1-3H3,(H,62,64);1-2H2/b22-20+;/t57-,58+;/m0./s1. The van der Waals surface area contributed by atoms with Crippen LogP contribution in [0.3, 0.4) is 0 Å². The lowest BCUT2D eigenvalue weighted by molar-refractivity contribution is -0.276. The van der Waals surface area contributed by atoms with E-state index in [2.05, 4.69) is 32.3 Å². The van der Waals surface area contributed by atoms with Crippen LogP contribution in [-0.2, 0) is 99.9 Å². The number of aliphatic hydroxyl groups excluding tert-OH is 1. The molecule has 23 nitrogen and oxygen atoms in total. The Bertz CT molecular complexity index is 1390. The molecule has 0 saturated heterocycles. The number of ether oxygens (including phenoxy) is 16. The minimum atomic E-state index is -1.03. The Morgan fingerprint density at radius 3 is 1.01 bits per heavy atom. The van der Waals surface area contributed by atoms with E-state index in [1.165, 1.54) is 57.8 Å². The van der Waals surface area contributed by atoms with Gasteiger partial charge in [0.15, 0.2) is 0 Å². The number of aliphatic hydroxyl groups is 1. The van der Waals surface area contributed by atoms with Crippen LogP contribution in [0.4, 0.5) is 0 Å². The van der Waals surface area contributed by atoms with Crippen molar-refractivity contribution in [2.24, 2.45) is 0 Å². The molecule has 510 valence electrons. The molecule has 0 aliphatic carbocycles. The Labute approximate surface area is 518 Å². The normalized spacial score (nSPS) is 12.1. The number of allylic oxidation sites excluding steroid dienone is 1. The van der Waals surface area contributed by atoms with Crippen LogP contribution in [0.15, 0.2) is 25.3 Å². The number of methoxy groups -OCH3 is 1. The Hall–Kier alpha value is -2.79. The van der Waals surface area contributed by atoms with Crippen LogP contribution in [-0.4, -0.2) is 247 Å². The van der Waals surface area contributed by atoms with Gasteiger partial charge >= 0.3 is 11.9 Å². The van der Waals surface area contributed by atoms with Gasteiger partial charge in [-0.05, 0) is 19.3 Å². The largest absolute Gasteiger partial charge is 0.463 e. The Kier molecular flexibility index (Phi) is 75.8. The Morgan fingerprint density at radius 2 is 0.674 bits per heavy atom. The van der Waals surface area contributed by atoms with Gasteiger partial charge in [0.05, 0.1) is 217 Å². The number of carbonyl (C=O) groups excluding carboxylic acids is 3. The zero-order valence-electron chi connectivity index (χ0n) is 53.8. The van der Waals surface area contributed by atoms with Gasteiger partial charge in [0, 0.05) is 13.5 Å². The summed E-state index contributed by atoms with van der Waals surface area (Å²) in [6, 6.07) is -0.812. The quantitative estimate of drug-likeness (QED) is 0.0193. The fourth-order valence-corrected chi connectivity index (χ4v) is 7.49. The summed E-state index contributed by atoms with van der Waals surface area (Å²) >= 11 is 0. The number of carbonyl (C=O) groups is 3. The number of rotatable bonds is 72. The van der Waals surface area contributed by atoms with Gasteiger partial charge in [0.1, 0.15) is 13.2 Å². The molecule has 0 bridgehead atoms. The van der Waals surface area contributed by atoms with Crippen LogP contribution in [0.2, 0.25) is 0 Å². The van der Waals surface area contributed by atoms with E-state index < -0.39 is 24.1 Å². The van der Waals surface area contributed by atoms with Crippen molar-refractivity contribution in [2.75, 3.05) is 212 Å². The van der Waals surface area contributed by atoms with Gasteiger partial charge < -0.3 is 86.2 Å². The van der Waals surface area contributed by atoms with E-state index in [0.717, 1.165) is 51.4 Å². The van der Waals surface area contributed by atoms with Gasteiger partial charge in [0.2, 0.25) is 5.91 Å². The third-order valence-electron chi connectivity index (χ3n) is 12.3. The SMILES string of the molecule is C=C.CCCCCCCCCCCCC/C=C/[C@@H](O)[C@H](COC(=O)CCC(=O)OOCCOCCOCCOCCOCCOCCOCCOCCOCCOCCOCCOCCOCCOCCOCCOC)NC(=O)CCCCCCC. The lowest BCUT2D eigenvalue weighted by Crippen LogP contribution is -2.46. The number of unbranched alkanes of at least 4 members (excludes halogenated alkanes) is 15. The van der Waals surface area contributed by atoms with Crippen molar-refractivity contribution in [2.45, 2.75) is 154 Å². The minimum Gasteiger partial charge on any atom is -0.463 e. The smallest absolute Gasteiger partial charge is 0.342 e. The molecule has 2 N–H and O–H groups in total. The Morgan fingerprint density at radius 1 is 0.384 bits per heavy atom. The van der Waals surface area contributed by atoms with Crippen molar-refractivity contribution >= 4 is 17.8 Å². The van der Waals surface area contributed by atoms with Gasteiger partial charge in [-0.25, -0.2) is 4.79 Å². The fraction of sp³-hybridized carbons (Fsp3) is 0.889. The van der Waals surface area contributed by atoms with Gasteiger partial charge in [-0.15, -0.1) is 13.2 Å².